The van der Waals surface area contributed by atoms with Gasteiger partial charge in [-0.15, -0.1) is 0 Å². The van der Waals surface area contributed by atoms with Crippen LogP contribution < -0.4 is 5.32 Å². The maximum absolute atomic E-state index is 14.1. The van der Waals surface area contributed by atoms with Gasteiger partial charge in [0.05, 0.1) is 0 Å². The number of nitrogens with zero attached hydrogens (tertiary/aromatic N) is 1. The first kappa shape index (κ1) is 14.3. The quantitative estimate of drug-likeness (QED) is 0.852. The molecule has 1 aromatic carbocycles. The molecule has 2 nitrogen and oxygen atoms in total. The maximum Gasteiger partial charge on any atom is 0.150 e. The number of pyridine rings is 1. The smallest absolute Gasteiger partial charge is 0.150 e. The Kier molecular flexibility index (Phi) is 3.81. The molecule has 1 heterocycles. The summed E-state index contributed by atoms with van der Waals surface area (Å²) in [6.45, 7) is 9.04. The van der Waals surface area contributed by atoms with E-state index in [4.69, 9.17) is 0 Å². The number of anilines is 1. The van der Waals surface area contributed by atoms with Crippen LogP contribution >= 0.6 is 15.9 Å². The van der Waals surface area contributed by atoms with Crippen LogP contribution in [0.5, 0.6) is 0 Å². The Labute approximate surface area is 121 Å². The van der Waals surface area contributed by atoms with Gasteiger partial charge in [-0.25, -0.2) is 9.37 Å². The molecule has 0 fully saturated rings. The molecular weight excluding hydrogens is 307 g/mol. The zero-order valence-electron chi connectivity index (χ0n) is 11.6. The molecule has 19 heavy (non-hydrogen) atoms. The minimum Gasteiger partial charge on any atom is -0.385 e. The maximum atomic E-state index is 14.1. The Balaban J connectivity index is 2.79. The van der Waals surface area contributed by atoms with Crippen molar-refractivity contribution in [2.24, 2.45) is 0 Å². The molecule has 0 saturated heterocycles. The fourth-order valence-corrected chi connectivity index (χ4v) is 2.40. The predicted molar refractivity (Wildman–Crippen MR) is 82.3 cm³/mol. The van der Waals surface area contributed by atoms with Crippen LogP contribution in [0.4, 0.5) is 10.1 Å². The molecule has 2 rings (SSSR count). The molecule has 2 aromatic rings. The Morgan fingerprint density at radius 2 is 1.95 bits per heavy atom. The van der Waals surface area contributed by atoms with E-state index in [1.165, 1.54) is 6.07 Å². The molecule has 0 atom stereocenters. The van der Waals surface area contributed by atoms with E-state index in [0.29, 0.717) is 5.52 Å². The molecule has 1 aromatic heterocycles. The average Bonchev–Trinajstić information content (AvgIpc) is 2.28. The zero-order valence-corrected chi connectivity index (χ0v) is 13.2. The highest BCUT2D eigenvalue weighted by Crippen LogP contribution is 2.32. The van der Waals surface area contributed by atoms with Crippen LogP contribution in [0.25, 0.3) is 10.9 Å². The van der Waals surface area contributed by atoms with Crippen molar-refractivity contribution >= 4 is 32.5 Å². The van der Waals surface area contributed by atoms with E-state index in [1.807, 2.05) is 19.1 Å². The average molecular weight is 325 g/mol. The molecular formula is C15H18BrFN2. The summed E-state index contributed by atoms with van der Waals surface area (Å²) < 4.78 is 14.8. The van der Waals surface area contributed by atoms with Crippen LogP contribution in [-0.2, 0) is 5.41 Å². The summed E-state index contributed by atoms with van der Waals surface area (Å²) in [6.07, 6.45) is 0. The number of aromatic nitrogens is 1. The van der Waals surface area contributed by atoms with E-state index in [0.717, 1.165) is 27.8 Å². The van der Waals surface area contributed by atoms with Crippen molar-refractivity contribution in [1.82, 2.24) is 4.98 Å². The predicted octanol–water partition coefficient (Wildman–Crippen LogP) is 4.87. The van der Waals surface area contributed by atoms with Gasteiger partial charge in [0.15, 0.2) is 5.82 Å². The number of fused-ring (bicyclic) bond motifs is 1. The molecule has 0 radical (unpaired) electrons. The molecule has 0 aliphatic carbocycles. The number of hydrogen-bond donors (Lipinski definition) is 1. The Morgan fingerprint density at radius 1 is 1.26 bits per heavy atom. The van der Waals surface area contributed by atoms with Crippen molar-refractivity contribution in [3.63, 3.8) is 0 Å². The second-order valence-corrected chi connectivity index (χ2v) is 6.53. The van der Waals surface area contributed by atoms with E-state index >= 15 is 0 Å². The third-order valence-electron chi connectivity index (χ3n) is 2.97. The lowest BCUT2D eigenvalue weighted by atomic mass is 9.90. The summed E-state index contributed by atoms with van der Waals surface area (Å²) in [6, 6.07) is 5.37. The Hall–Kier alpha value is -1.16. The highest BCUT2D eigenvalue weighted by Gasteiger charge is 2.19. The summed E-state index contributed by atoms with van der Waals surface area (Å²) >= 11 is 3.33. The summed E-state index contributed by atoms with van der Waals surface area (Å²) in [5.41, 5.74) is 2.12. The van der Waals surface area contributed by atoms with Crippen molar-refractivity contribution in [3.8, 4) is 0 Å². The molecule has 0 aliphatic rings. The third kappa shape index (κ3) is 2.89. The Morgan fingerprint density at radius 3 is 2.53 bits per heavy atom. The van der Waals surface area contributed by atoms with Gasteiger partial charge in [0.1, 0.15) is 5.52 Å². The van der Waals surface area contributed by atoms with Crippen molar-refractivity contribution in [3.05, 3.63) is 34.2 Å². The van der Waals surface area contributed by atoms with Crippen LogP contribution in [0.3, 0.4) is 0 Å². The SMILES string of the molecule is CCNc1cc(C(C)(C)C)nc2c(F)cc(Br)cc12. The minimum absolute atomic E-state index is 0.113. The highest BCUT2D eigenvalue weighted by molar-refractivity contribution is 9.10. The first-order valence-electron chi connectivity index (χ1n) is 6.37. The van der Waals surface area contributed by atoms with E-state index in [9.17, 15) is 4.39 Å². The van der Waals surface area contributed by atoms with Gasteiger partial charge in [0.25, 0.3) is 0 Å². The van der Waals surface area contributed by atoms with E-state index in [1.54, 1.807) is 0 Å². The molecule has 0 aliphatic heterocycles. The molecule has 0 amide bonds. The number of hydrogen-bond acceptors (Lipinski definition) is 2. The summed E-state index contributed by atoms with van der Waals surface area (Å²) in [7, 11) is 0. The van der Waals surface area contributed by atoms with Gasteiger partial charge in [-0.1, -0.05) is 36.7 Å². The summed E-state index contributed by atoms with van der Waals surface area (Å²) in [4.78, 5) is 4.49. The van der Waals surface area contributed by atoms with Gasteiger partial charge in [-0.05, 0) is 25.1 Å². The standard InChI is InChI=1S/C15H18BrFN2/c1-5-18-12-8-13(15(2,3)4)19-14-10(12)6-9(16)7-11(14)17/h6-8H,5H2,1-4H3,(H,18,19). The van der Waals surface area contributed by atoms with Crippen molar-refractivity contribution < 1.29 is 4.39 Å². The molecule has 1 N–H and O–H groups in total. The third-order valence-corrected chi connectivity index (χ3v) is 3.43. The number of benzene rings is 1. The molecule has 0 bridgehead atoms. The van der Waals surface area contributed by atoms with E-state index in [2.05, 4.69) is 47.0 Å². The van der Waals surface area contributed by atoms with Crippen LogP contribution in [-0.4, -0.2) is 11.5 Å². The molecule has 102 valence electrons. The lowest BCUT2D eigenvalue weighted by Crippen LogP contribution is -2.15. The summed E-state index contributed by atoms with van der Waals surface area (Å²) in [5, 5.41) is 4.10. The fourth-order valence-electron chi connectivity index (χ4n) is 1.97. The van der Waals surface area contributed by atoms with E-state index in [-0.39, 0.29) is 11.2 Å². The zero-order chi connectivity index (χ0) is 14.2. The number of halogens is 2. The van der Waals surface area contributed by atoms with Crippen LogP contribution in [0.1, 0.15) is 33.4 Å². The lowest BCUT2D eigenvalue weighted by Gasteiger charge is -2.20. The molecule has 0 saturated carbocycles. The molecule has 0 unspecified atom stereocenters. The van der Waals surface area contributed by atoms with Crippen LogP contribution in [0, 0.1) is 5.82 Å². The van der Waals surface area contributed by atoms with Gasteiger partial charge in [0.2, 0.25) is 0 Å². The van der Waals surface area contributed by atoms with Crippen molar-refractivity contribution in [2.75, 3.05) is 11.9 Å². The first-order valence-corrected chi connectivity index (χ1v) is 7.16. The van der Waals surface area contributed by atoms with Crippen molar-refractivity contribution in [2.45, 2.75) is 33.1 Å². The summed E-state index contributed by atoms with van der Waals surface area (Å²) in [5.74, 6) is -0.297. The molecule has 0 spiro atoms. The number of rotatable bonds is 2. The lowest BCUT2D eigenvalue weighted by molar-refractivity contribution is 0.569. The van der Waals surface area contributed by atoms with Gasteiger partial charge >= 0.3 is 0 Å². The normalized spacial score (nSPS) is 11.9. The van der Waals surface area contributed by atoms with Crippen LogP contribution in [0.2, 0.25) is 0 Å². The monoisotopic (exact) mass is 324 g/mol. The second-order valence-electron chi connectivity index (χ2n) is 5.62. The minimum atomic E-state index is -0.297. The van der Waals surface area contributed by atoms with Gasteiger partial charge < -0.3 is 5.32 Å². The van der Waals surface area contributed by atoms with Gasteiger partial charge in [0, 0.05) is 33.2 Å². The number of nitrogens with one attached hydrogen (secondary N) is 1. The topological polar surface area (TPSA) is 24.9 Å². The Bertz CT molecular complexity index is 618. The van der Waals surface area contributed by atoms with Gasteiger partial charge in [-0.2, -0.15) is 0 Å². The first-order chi connectivity index (χ1) is 8.82. The van der Waals surface area contributed by atoms with Crippen molar-refractivity contribution in [1.29, 1.82) is 0 Å². The van der Waals surface area contributed by atoms with E-state index < -0.39 is 0 Å². The highest BCUT2D eigenvalue weighted by atomic mass is 79.9. The van der Waals surface area contributed by atoms with Gasteiger partial charge in [-0.3, -0.25) is 0 Å². The molecule has 4 heteroatoms. The fraction of sp³-hybridized carbons (Fsp3) is 0.400. The second kappa shape index (κ2) is 5.08. The van der Waals surface area contributed by atoms with Crippen LogP contribution in [0.15, 0.2) is 22.7 Å². The largest absolute Gasteiger partial charge is 0.385 e.